The molecule has 21 heavy (non-hydrogen) atoms. The molecule has 2 aromatic heterocycles. The van der Waals surface area contributed by atoms with E-state index in [1.54, 1.807) is 0 Å². The zero-order valence-electron chi connectivity index (χ0n) is 10.6. The molecule has 3 rings (SSSR count). The zero-order valence-corrected chi connectivity index (χ0v) is 11.3. The van der Waals surface area contributed by atoms with Crippen LogP contribution < -0.4 is 4.74 Å². The summed E-state index contributed by atoms with van der Waals surface area (Å²) in [4.78, 5) is 20.8. The molecule has 1 aliphatic rings. The van der Waals surface area contributed by atoms with Crippen LogP contribution in [0, 0.1) is 5.82 Å². The lowest BCUT2D eigenvalue weighted by Crippen LogP contribution is -2.37. The minimum atomic E-state index is -0.670. The second-order valence-electron chi connectivity index (χ2n) is 4.44. The first kappa shape index (κ1) is 13.6. The fourth-order valence-corrected chi connectivity index (χ4v) is 2.15. The molecule has 0 atom stereocenters. The van der Waals surface area contributed by atoms with Crippen molar-refractivity contribution >= 4 is 17.7 Å². The van der Waals surface area contributed by atoms with Gasteiger partial charge in [0.25, 0.3) is 0 Å². The van der Waals surface area contributed by atoms with Crippen molar-refractivity contribution in [3.05, 3.63) is 46.8 Å². The third-order valence-electron chi connectivity index (χ3n) is 3.00. The monoisotopic (exact) mass is 309 g/mol. The van der Waals surface area contributed by atoms with Crippen molar-refractivity contribution in [2.45, 2.75) is 13.1 Å². The van der Waals surface area contributed by atoms with Crippen molar-refractivity contribution in [3.63, 3.8) is 0 Å². The van der Waals surface area contributed by atoms with E-state index >= 15 is 0 Å². The van der Waals surface area contributed by atoms with Crippen LogP contribution in [-0.2, 0) is 13.1 Å². The van der Waals surface area contributed by atoms with Gasteiger partial charge in [-0.2, -0.15) is 0 Å². The Morgan fingerprint density at radius 1 is 1.48 bits per heavy atom. The number of rotatable bonds is 2. The lowest BCUT2D eigenvalue weighted by molar-refractivity contribution is 0.133. The number of hydrogen-bond donors (Lipinski definition) is 1. The molecule has 1 amide bonds. The fraction of sp³-hybridized carbons (Fsp3) is 0.154. The normalized spacial score (nSPS) is 13.8. The van der Waals surface area contributed by atoms with Gasteiger partial charge in [-0.1, -0.05) is 11.6 Å². The van der Waals surface area contributed by atoms with E-state index in [0.717, 1.165) is 0 Å². The van der Waals surface area contributed by atoms with Gasteiger partial charge in [-0.05, 0) is 6.07 Å². The molecule has 1 N–H and O–H groups in total. The van der Waals surface area contributed by atoms with Crippen LogP contribution in [-0.4, -0.2) is 26.1 Å². The Morgan fingerprint density at radius 3 is 3.10 bits per heavy atom. The van der Waals surface area contributed by atoms with Gasteiger partial charge in [0.15, 0.2) is 16.7 Å². The Kier molecular flexibility index (Phi) is 3.34. The molecule has 0 bridgehead atoms. The Labute approximate surface area is 123 Å². The van der Waals surface area contributed by atoms with Gasteiger partial charge in [0.05, 0.1) is 19.3 Å². The molecule has 2 aromatic rings. The molecular formula is C13H9ClFN3O3. The third-order valence-corrected chi connectivity index (χ3v) is 3.26. The molecule has 8 heteroatoms. The van der Waals surface area contributed by atoms with Gasteiger partial charge in [-0.3, -0.25) is 9.88 Å². The molecule has 0 fully saturated rings. The van der Waals surface area contributed by atoms with Gasteiger partial charge in [0.1, 0.15) is 11.4 Å². The molecule has 0 saturated heterocycles. The summed E-state index contributed by atoms with van der Waals surface area (Å²) in [6.45, 7) is 0.128. The van der Waals surface area contributed by atoms with E-state index in [2.05, 4.69) is 9.97 Å². The van der Waals surface area contributed by atoms with Crippen LogP contribution in [0.3, 0.4) is 0 Å². The number of fused-ring (bicyclic) bond motifs is 1. The number of halogens is 2. The molecule has 6 nitrogen and oxygen atoms in total. The number of aromatic hydroxyl groups is 1. The van der Waals surface area contributed by atoms with E-state index in [9.17, 15) is 14.3 Å². The maximum Gasteiger partial charge on any atom is 0.415 e. The van der Waals surface area contributed by atoms with E-state index in [-0.39, 0.29) is 35.3 Å². The smallest absolute Gasteiger partial charge is 0.415 e. The summed E-state index contributed by atoms with van der Waals surface area (Å²) in [6, 6.07) is 2.75. The van der Waals surface area contributed by atoms with Gasteiger partial charge in [-0.25, -0.2) is 14.2 Å². The van der Waals surface area contributed by atoms with Crippen LogP contribution in [0.2, 0.25) is 5.15 Å². The quantitative estimate of drug-likeness (QED) is 0.863. The van der Waals surface area contributed by atoms with Gasteiger partial charge in [0.2, 0.25) is 0 Å². The van der Waals surface area contributed by atoms with Crippen molar-refractivity contribution in [2.24, 2.45) is 0 Å². The summed E-state index contributed by atoms with van der Waals surface area (Å²) in [5.41, 5.74) is 0.710. The number of pyridine rings is 2. The molecule has 0 saturated carbocycles. The number of aromatic nitrogens is 2. The second kappa shape index (κ2) is 5.17. The highest BCUT2D eigenvalue weighted by atomic mass is 35.5. The number of hydrogen-bond acceptors (Lipinski definition) is 5. The molecule has 0 spiro atoms. The van der Waals surface area contributed by atoms with Gasteiger partial charge < -0.3 is 9.84 Å². The summed E-state index contributed by atoms with van der Waals surface area (Å²) in [7, 11) is 0. The zero-order chi connectivity index (χ0) is 15.0. The Bertz CT molecular complexity index is 726. The molecular weight excluding hydrogens is 301 g/mol. The Balaban J connectivity index is 1.86. The van der Waals surface area contributed by atoms with Gasteiger partial charge in [-0.15, -0.1) is 0 Å². The molecule has 0 radical (unpaired) electrons. The highest BCUT2D eigenvalue weighted by Crippen LogP contribution is 2.28. The highest BCUT2D eigenvalue weighted by molar-refractivity contribution is 6.29. The van der Waals surface area contributed by atoms with Crippen LogP contribution in [0.15, 0.2) is 24.5 Å². The van der Waals surface area contributed by atoms with Crippen molar-refractivity contribution < 1.29 is 19.0 Å². The molecule has 0 unspecified atom stereocenters. The van der Waals surface area contributed by atoms with Crippen molar-refractivity contribution in [1.29, 1.82) is 0 Å². The Hall–Kier alpha value is -2.41. The van der Waals surface area contributed by atoms with Crippen LogP contribution in [0.5, 0.6) is 11.5 Å². The number of carbonyl (C=O) groups is 1. The van der Waals surface area contributed by atoms with Crippen molar-refractivity contribution in [2.75, 3.05) is 0 Å². The summed E-state index contributed by atoms with van der Waals surface area (Å²) >= 11 is 5.61. The first-order chi connectivity index (χ1) is 10.0. The predicted molar refractivity (Wildman–Crippen MR) is 70.4 cm³/mol. The minimum Gasteiger partial charge on any atom is -0.506 e. The van der Waals surface area contributed by atoms with Crippen molar-refractivity contribution in [1.82, 2.24) is 14.9 Å². The fourth-order valence-electron chi connectivity index (χ4n) is 1.98. The highest BCUT2D eigenvalue weighted by Gasteiger charge is 2.27. The maximum absolute atomic E-state index is 13.8. The summed E-state index contributed by atoms with van der Waals surface area (Å²) in [5.74, 6) is -0.567. The molecule has 0 aromatic carbocycles. The minimum absolute atomic E-state index is 0.0189. The largest absolute Gasteiger partial charge is 0.506 e. The topological polar surface area (TPSA) is 75.6 Å². The van der Waals surface area contributed by atoms with Crippen molar-refractivity contribution in [3.8, 4) is 11.5 Å². The first-order valence-corrected chi connectivity index (χ1v) is 6.36. The van der Waals surface area contributed by atoms with Crippen LogP contribution in [0.4, 0.5) is 9.18 Å². The molecule has 3 heterocycles. The van der Waals surface area contributed by atoms with E-state index in [1.165, 1.54) is 29.4 Å². The van der Waals surface area contributed by atoms with E-state index < -0.39 is 11.9 Å². The van der Waals surface area contributed by atoms with Crippen LogP contribution >= 0.6 is 11.6 Å². The summed E-state index contributed by atoms with van der Waals surface area (Å²) < 4.78 is 18.9. The maximum atomic E-state index is 13.8. The summed E-state index contributed by atoms with van der Waals surface area (Å²) in [5, 5.41) is 9.06. The lowest BCUT2D eigenvalue weighted by atomic mass is 10.2. The molecule has 0 aliphatic carbocycles. The average Bonchev–Trinajstić information content (AvgIpc) is 2.45. The molecule has 1 aliphatic heterocycles. The predicted octanol–water partition coefficient (Wildman–Crippen LogP) is 2.49. The van der Waals surface area contributed by atoms with Gasteiger partial charge >= 0.3 is 6.09 Å². The van der Waals surface area contributed by atoms with E-state index in [4.69, 9.17) is 16.3 Å². The molecule has 108 valence electrons. The number of amides is 1. The standard InChI is InChI=1S/C13H9ClFN3O3/c14-12-11(15)7(1-2-16-12)5-18-6-9-10(21-13(18)20)3-8(19)4-17-9/h1-4,19H,5-6H2. The van der Waals surface area contributed by atoms with Crippen LogP contribution in [0.1, 0.15) is 11.3 Å². The first-order valence-electron chi connectivity index (χ1n) is 5.98. The number of nitrogens with zero attached hydrogens (tertiary/aromatic N) is 3. The average molecular weight is 310 g/mol. The van der Waals surface area contributed by atoms with Crippen LogP contribution in [0.25, 0.3) is 0 Å². The lowest BCUT2D eigenvalue weighted by Gasteiger charge is -2.27. The second-order valence-corrected chi connectivity index (χ2v) is 4.80. The number of carbonyl (C=O) groups excluding carboxylic acids is 1. The Morgan fingerprint density at radius 2 is 2.29 bits per heavy atom. The van der Waals surface area contributed by atoms with Gasteiger partial charge in [0, 0.05) is 17.8 Å². The number of ether oxygens (including phenoxy) is 1. The van der Waals surface area contributed by atoms with E-state index in [1.807, 2.05) is 0 Å². The third kappa shape index (κ3) is 2.59. The SMILES string of the molecule is O=C1Oc2cc(O)cnc2CN1Cc1ccnc(Cl)c1F. The summed E-state index contributed by atoms with van der Waals surface area (Å²) in [6.07, 6.45) is 1.96. The van der Waals surface area contributed by atoms with E-state index in [0.29, 0.717) is 5.69 Å².